The Morgan fingerprint density at radius 2 is 1.11 bits per heavy atom. The minimum atomic E-state index is -5.00. The number of anilines is 1. The normalized spacial score (nSPS) is 19.3. The number of fused-ring (bicyclic) bond motifs is 2. The number of imide groups is 1. The SMILES string of the molecule is COCCOCCOCCOCCOCCOCCN1C(=CC=CC=CC2=[N+](CCOCCC(=O)ON3C(=O)CCC3=O)c3ccc(S(=O)(=O)[O-])cc3C2(C)CCCS(=O)(=O)[O-])C(C)(CCCS(=O)(=O)[O-])c2cc(S(=O)(=O)[O-])ccc21. The molecule has 0 aliphatic carbocycles. The first-order valence-electron chi connectivity index (χ1n) is 25.8. The van der Waals surface area contributed by atoms with Crippen molar-refractivity contribution in [2.75, 3.05) is 122 Å². The molecule has 2 unspecified atom stereocenters. The van der Waals surface area contributed by atoms with E-state index in [4.69, 9.17) is 38.0 Å². The Balaban J connectivity index is 1.40. The highest BCUT2D eigenvalue weighted by Gasteiger charge is 2.48. The quantitative estimate of drug-likeness (QED) is 0.0305. The third-order valence-corrected chi connectivity index (χ3v) is 16.6. The molecule has 0 bridgehead atoms. The van der Waals surface area contributed by atoms with Gasteiger partial charge in [-0.3, -0.25) is 9.59 Å². The largest absolute Gasteiger partial charge is 0.748 e. The Bertz CT molecular complexity index is 3090. The molecule has 2 amide bonds. The highest BCUT2D eigenvalue weighted by atomic mass is 32.2. The Labute approximate surface area is 472 Å². The van der Waals surface area contributed by atoms with E-state index in [1.807, 2.05) is 4.90 Å². The van der Waals surface area contributed by atoms with E-state index in [-0.39, 0.29) is 97.7 Å². The number of allylic oxidation sites excluding steroid dienone is 6. The summed E-state index contributed by atoms with van der Waals surface area (Å²) in [5.74, 6) is -3.73. The van der Waals surface area contributed by atoms with Gasteiger partial charge in [-0.25, -0.2) is 38.5 Å². The van der Waals surface area contributed by atoms with E-state index in [0.717, 1.165) is 12.1 Å². The van der Waals surface area contributed by atoms with Gasteiger partial charge in [0.05, 0.1) is 121 Å². The summed E-state index contributed by atoms with van der Waals surface area (Å²) in [6.07, 6.45) is 7.22. The van der Waals surface area contributed by atoms with Gasteiger partial charge in [-0.15, -0.1) is 5.06 Å². The molecule has 26 nitrogen and oxygen atoms in total. The summed E-state index contributed by atoms with van der Waals surface area (Å²) >= 11 is 0. The van der Waals surface area contributed by atoms with Gasteiger partial charge < -0.3 is 61.1 Å². The number of hydrogen-bond acceptors (Lipinski definition) is 24. The lowest BCUT2D eigenvalue weighted by Crippen LogP contribution is -2.33. The summed E-state index contributed by atoms with van der Waals surface area (Å²) in [4.78, 5) is 41.9. The third kappa shape index (κ3) is 20.2. The monoisotopic (exact) mass is 1220 g/mol. The minimum absolute atomic E-state index is 0.00667. The Morgan fingerprint density at radius 1 is 0.617 bits per heavy atom. The molecule has 2 aromatic carbocycles. The van der Waals surface area contributed by atoms with Crippen LogP contribution < -0.4 is 4.90 Å². The predicted molar refractivity (Wildman–Crippen MR) is 283 cm³/mol. The van der Waals surface area contributed by atoms with Crippen LogP contribution in [-0.2, 0) is 104 Å². The van der Waals surface area contributed by atoms with Crippen LogP contribution in [0.25, 0.3) is 0 Å². The number of hydrogen-bond donors (Lipinski definition) is 0. The molecule has 2 aromatic rings. The van der Waals surface area contributed by atoms with Gasteiger partial charge in [0.15, 0.2) is 12.3 Å². The van der Waals surface area contributed by atoms with Crippen molar-refractivity contribution < 1.29 is 109 Å². The van der Waals surface area contributed by atoms with E-state index in [2.05, 4.69) is 0 Å². The molecule has 3 heterocycles. The van der Waals surface area contributed by atoms with Crippen LogP contribution in [0.3, 0.4) is 0 Å². The maximum Gasteiger partial charge on any atom is 0.335 e. The highest BCUT2D eigenvalue weighted by molar-refractivity contribution is 7.86. The zero-order valence-corrected chi connectivity index (χ0v) is 48.5. The van der Waals surface area contributed by atoms with Crippen LogP contribution in [0.2, 0.25) is 0 Å². The average Bonchev–Trinajstić information content (AvgIpc) is 3.86. The molecule has 30 heteroatoms. The lowest BCUT2D eigenvalue weighted by atomic mass is 9.76. The fraction of sp³-hybridized carbons (Fsp3) is 0.569. The topological polar surface area (TPSA) is 363 Å². The lowest BCUT2D eigenvalue weighted by molar-refractivity contribution is -0.442. The average molecular weight is 1220 g/mol. The second-order valence-corrected chi connectivity index (χ2v) is 24.9. The molecule has 2 atom stereocenters. The zero-order chi connectivity index (χ0) is 59.5. The second-order valence-electron chi connectivity index (χ2n) is 19.1. The van der Waals surface area contributed by atoms with Gasteiger partial charge in [0.25, 0.3) is 11.8 Å². The number of methoxy groups -OCH3 is 1. The van der Waals surface area contributed by atoms with Crippen LogP contribution in [0.15, 0.2) is 82.3 Å². The minimum Gasteiger partial charge on any atom is -0.748 e. The van der Waals surface area contributed by atoms with Crippen molar-refractivity contribution >= 4 is 75.3 Å². The van der Waals surface area contributed by atoms with E-state index in [9.17, 15) is 66.3 Å². The molecule has 0 radical (unpaired) electrons. The number of amides is 2. The number of benzene rings is 2. The van der Waals surface area contributed by atoms with Crippen molar-refractivity contribution in [1.82, 2.24) is 5.06 Å². The predicted octanol–water partition coefficient (Wildman–Crippen LogP) is 2.02. The first-order valence-corrected chi connectivity index (χ1v) is 31.7. The molecule has 1 saturated heterocycles. The molecule has 0 aromatic heterocycles. The number of nitrogens with zero attached hydrogens (tertiary/aromatic N) is 3. The van der Waals surface area contributed by atoms with Gasteiger partial charge in [0.1, 0.15) is 26.8 Å². The molecule has 0 spiro atoms. The molecule has 0 saturated carbocycles. The van der Waals surface area contributed by atoms with Crippen molar-refractivity contribution in [2.24, 2.45) is 0 Å². The standard InChI is InChI=1S/C51H71N3O23S4/c1-50(18-7-35-78(58,59)60)41-37-39(80(64,65)66)11-13-43(41)52(20-23-71-22-17-49(57)77-54-47(55)15-16-48(54)56)45(50)9-5-4-6-10-46-51(2,19-8-36-79(61,62)63)42-38-40(81(67,68)69)12-14-44(42)53(46)21-24-72-27-28-74-31-32-76-34-33-75-30-29-73-26-25-70-3/h4-6,9-14,37-38H,7-8,15-36H2,1-3H3,(H3-,58,59,60,61,62,63,64,65,66,67,68,69)/p-3. The molecule has 452 valence electrons. The van der Waals surface area contributed by atoms with Gasteiger partial charge in [-0.1, -0.05) is 18.2 Å². The number of hydroxylamine groups is 2. The van der Waals surface area contributed by atoms with Crippen molar-refractivity contribution in [1.29, 1.82) is 0 Å². The number of carbonyl (C=O) groups excluding carboxylic acids is 3. The van der Waals surface area contributed by atoms with Crippen molar-refractivity contribution in [3.8, 4) is 0 Å². The highest BCUT2D eigenvalue weighted by Crippen LogP contribution is 2.51. The fourth-order valence-corrected chi connectivity index (χ4v) is 11.4. The molecule has 5 rings (SSSR count). The summed E-state index contributed by atoms with van der Waals surface area (Å²) in [6.45, 7) is 6.92. The van der Waals surface area contributed by atoms with E-state index in [1.165, 1.54) is 24.3 Å². The molecular weight excluding hydrogens is 1150 g/mol. The van der Waals surface area contributed by atoms with Gasteiger partial charge in [0.2, 0.25) is 5.69 Å². The van der Waals surface area contributed by atoms with Gasteiger partial charge in [-0.2, -0.15) is 4.58 Å². The van der Waals surface area contributed by atoms with Crippen LogP contribution in [-0.4, -0.2) is 203 Å². The molecular formula is C51H68N3O23S4-3. The van der Waals surface area contributed by atoms with Crippen molar-refractivity contribution in [3.63, 3.8) is 0 Å². The lowest BCUT2D eigenvalue weighted by Gasteiger charge is -2.30. The molecule has 0 N–H and O–H groups in total. The third-order valence-electron chi connectivity index (χ3n) is 13.4. The molecule has 1 fully saturated rings. The zero-order valence-electron chi connectivity index (χ0n) is 45.2. The molecule has 3 aliphatic heterocycles. The molecule has 3 aliphatic rings. The van der Waals surface area contributed by atoms with E-state index in [1.54, 1.807) is 55.9 Å². The van der Waals surface area contributed by atoms with Crippen LogP contribution in [0.1, 0.15) is 69.9 Å². The van der Waals surface area contributed by atoms with Crippen molar-refractivity contribution in [2.45, 2.75) is 79.4 Å². The van der Waals surface area contributed by atoms with Crippen LogP contribution in [0.4, 0.5) is 11.4 Å². The first kappa shape index (κ1) is 66.9. The van der Waals surface area contributed by atoms with Crippen molar-refractivity contribution in [3.05, 3.63) is 83.6 Å². The number of carbonyl (C=O) groups is 3. The van der Waals surface area contributed by atoms with E-state index >= 15 is 0 Å². The Kier molecular flexibility index (Phi) is 25.3. The van der Waals surface area contributed by atoms with Crippen LogP contribution >= 0.6 is 0 Å². The van der Waals surface area contributed by atoms with E-state index < -0.39 is 90.4 Å². The van der Waals surface area contributed by atoms with Crippen LogP contribution in [0.5, 0.6) is 0 Å². The fourth-order valence-electron chi connectivity index (χ4n) is 9.44. The van der Waals surface area contributed by atoms with E-state index in [0.29, 0.717) is 85.2 Å². The maximum absolute atomic E-state index is 12.4. The van der Waals surface area contributed by atoms with Gasteiger partial charge >= 0.3 is 5.97 Å². The smallest absolute Gasteiger partial charge is 0.335 e. The first-order chi connectivity index (χ1) is 38.2. The summed E-state index contributed by atoms with van der Waals surface area (Å²) in [5, 5.41) is 0.406. The van der Waals surface area contributed by atoms with Gasteiger partial charge in [0, 0.05) is 72.5 Å². The van der Waals surface area contributed by atoms with Crippen LogP contribution in [0, 0.1) is 0 Å². The second kappa shape index (κ2) is 30.6. The summed E-state index contributed by atoms with van der Waals surface area (Å²) < 4.78 is 185. The Hall–Kier alpha value is -4.90. The summed E-state index contributed by atoms with van der Waals surface area (Å²) in [5.41, 5.74) is 0.0491. The summed E-state index contributed by atoms with van der Waals surface area (Å²) in [7, 11) is -17.8. The summed E-state index contributed by atoms with van der Waals surface area (Å²) in [6, 6.07) is 7.53. The number of rotatable bonds is 38. The Morgan fingerprint density at radius 3 is 1.64 bits per heavy atom. The molecule has 81 heavy (non-hydrogen) atoms. The van der Waals surface area contributed by atoms with Gasteiger partial charge in [-0.05, 0) is 81.5 Å². The maximum atomic E-state index is 12.4. The number of ether oxygens (including phenoxy) is 7.